The smallest absolute Gasteiger partial charge is 0.306 e. The number of ether oxygens (including phenoxy) is 2. The fraction of sp³-hybridized carbons (Fsp3) is 0.421. The lowest BCUT2D eigenvalue weighted by Gasteiger charge is -2.24. The average molecular weight is 296 g/mol. The standard InChI is InChI=1S/C19H20O3/c1-19-8-7-16(17(19)11-18(20)22-19)14-4-3-13-10-15(21-2)6-5-12(13)9-14/h3-6,9-10,16-17H,7-8,11H2,1-2H3/t16-,17+,19-/m0/s1. The summed E-state index contributed by atoms with van der Waals surface area (Å²) in [7, 11) is 1.69. The lowest BCUT2D eigenvalue weighted by molar-refractivity contribution is -0.147. The second-order valence-electron chi connectivity index (χ2n) is 6.72. The lowest BCUT2D eigenvalue weighted by atomic mass is 9.82. The van der Waals surface area contributed by atoms with E-state index >= 15 is 0 Å². The van der Waals surface area contributed by atoms with Gasteiger partial charge in [-0.1, -0.05) is 24.3 Å². The summed E-state index contributed by atoms with van der Waals surface area (Å²) in [6.45, 7) is 2.09. The van der Waals surface area contributed by atoms with E-state index in [4.69, 9.17) is 9.47 Å². The quantitative estimate of drug-likeness (QED) is 0.784. The molecule has 2 aromatic carbocycles. The summed E-state index contributed by atoms with van der Waals surface area (Å²) in [5.74, 6) is 1.57. The molecule has 3 heteroatoms. The van der Waals surface area contributed by atoms with Crippen LogP contribution in [0.1, 0.15) is 37.7 Å². The number of carbonyl (C=O) groups excluding carboxylic acids is 1. The van der Waals surface area contributed by atoms with Crippen LogP contribution in [0.5, 0.6) is 5.75 Å². The fourth-order valence-electron chi connectivity index (χ4n) is 4.22. The van der Waals surface area contributed by atoms with Crippen LogP contribution in [0.25, 0.3) is 10.8 Å². The number of benzene rings is 2. The van der Waals surface area contributed by atoms with E-state index in [0.717, 1.165) is 18.6 Å². The van der Waals surface area contributed by atoms with Gasteiger partial charge in [-0.15, -0.1) is 0 Å². The summed E-state index contributed by atoms with van der Waals surface area (Å²) in [4.78, 5) is 11.7. The molecule has 1 aliphatic heterocycles. The van der Waals surface area contributed by atoms with Gasteiger partial charge in [0, 0.05) is 5.92 Å². The van der Waals surface area contributed by atoms with Crippen LogP contribution in [0, 0.1) is 5.92 Å². The fourth-order valence-corrected chi connectivity index (χ4v) is 4.22. The Hall–Kier alpha value is -2.03. The Morgan fingerprint density at radius 3 is 2.77 bits per heavy atom. The van der Waals surface area contributed by atoms with Gasteiger partial charge in [-0.25, -0.2) is 0 Å². The zero-order chi connectivity index (χ0) is 15.3. The molecule has 1 saturated carbocycles. The lowest BCUT2D eigenvalue weighted by Crippen LogP contribution is -2.27. The topological polar surface area (TPSA) is 35.5 Å². The molecule has 114 valence electrons. The van der Waals surface area contributed by atoms with Crippen LogP contribution in [-0.2, 0) is 9.53 Å². The Bertz CT molecular complexity index is 751. The van der Waals surface area contributed by atoms with Crippen LogP contribution in [0.3, 0.4) is 0 Å². The van der Waals surface area contributed by atoms with Crippen LogP contribution in [0.4, 0.5) is 0 Å². The van der Waals surface area contributed by atoms with Crippen molar-refractivity contribution in [2.45, 2.75) is 37.7 Å². The molecule has 1 aliphatic carbocycles. The Balaban J connectivity index is 1.71. The van der Waals surface area contributed by atoms with Crippen LogP contribution < -0.4 is 4.74 Å². The van der Waals surface area contributed by atoms with Gasteiger partial charge >= 0.3 is 5.97 Å². The summed E-state index contributed by atoms with van der Waals surface area (Å²) in [6, 6.07) is 12.8. The molecular weight excluding hydrogens is 276 g/mol. The van der Waals surface area contributed by atoms with Crippen molar-refractivity contribution in [3.8, 4) is 5.75 Å². The third kappa shape index (κ3) is 1.99. The Morgan fingerprint density at radius 2 is 1.95 bits per heavy atom. The van der Waals surface area contributed by atoms with Crippen molar-refractivity contribution in [2.24, 2.45) is 5.92 Å². The molecule has 4 rings (SSSR count). The molecule has 3 nitrogen and oxygen atoms in total. The maximum absolute atomic E-state index is 11.7. The minimum atomic E-state index is -0.253. The number of fused-ring (bicyclic) bond motifs is 2. The Labute approximate surface area is 130 Å². The van der Waals surface area contributed by atoms with Crippen LogP contribution in [-0.4, -0.2) is 18.7 Å². The predicted molar refractivity (Wildman–Crippen MR) is 85.1 cm³/mol. The minimum absolute atomic E-state index is 0.0391. The number of rotatable bonds is 2. The highest BCUT2D eigenvalue weighted by molar-refractivity contribution is 5.84. The maximum atomic E-state index is 11.7. The van der Waals surface area contributed by atoms with Gasteiger partial charge in [0.15, 0.2) is 0 Å². The zero-order valence-electron chi connectivity index (χ0n) is 13.0. The number of methoxy groups -OCH3 is 1. The molecule has 1 heterocycles. The molecule has 0 radical (unpaired) electrons. The highest BCUT2D eigenvalue weighted by Crippen LogP contribution is 2.53. The van der Waals surface area contributed by atoms with E-state index in [1.54, 1.807) is 7.11 Å². The third-order valence-corrected chi connectivity index (χ3v) is 5.45. The maximum Gasteiger partial charge on any atom is 0.306 e. The van der Waals surface area contributed by atoms with Crippen molar-refractivity contribution in [3.05, 3.63) is 42.0 Å². The average Bonchev–Trinajstić information content (AvgIpc) is 2.97. The first-order valence-corrected chi connectivity index (χ1v) is 7.89. The highest BCUT2D eigenvalue weighted by Gasteiger charge is 2.53. The van der Waals surface area contributed by atoms with Gasteiger partial charge in [0.05, 0.1) is 13.5 Å². The second kappa shape index (κ2) is 4.73. The molecule has 22 heavy (non-hydrogen) atoms. The van der Waals surface area contributed by atoms with Crippen molar-refractivity contribution in [1.29, 1.82) is 0 Å². The molecule has 0 bridgehead atoms. The molecular formula is C19H20O3. The van der Waals surface area contributed by atoms with Crippen molar-refractivity contribution in [1.82, 2.24) is 0 Å². The molecule has 0 spiro atoms. The molecule has 1 saturated heterocycles. The SMILES string of the molecule is COc1ccc2cc([C@@H]3CC[C@]4(C)OC(=O)C[C@H]34)ccc2c1. The monoisotopic (exact) mass is 296 g/mol. The predicted octanol–water partition coefficient (Wildman–Crippen LogP) is 4.05. The normalized spacial score (nSPS) is 30.4. The molecule has 2 aliphatic rings. The van der Waals surface area contributed by atoms with Crippen LogP contribution >= 0.6 is 0 Å². The molecule has 0 amide bonds. The minimum Gasteiger partial charge on any atom is -0.497 e. The van der Waals surface area contributed by atoms with Gasteiger partial charge in [0.2, 0.25) is 0 Å². The van der Waals surface area contributed by atoms with E-state index in [1.165, 1.54) is 16.3 Å². The van der Waals surface area contributed by atoms with Gasteiger partial charge in [-0.2, -0.15) is 0 Å². The second-order valence-corrected chi connectivity index (χ2v) is 6.72. The van der Waals surface area contributed by atoms with E-state index in [1.807, 2.05) is 6.07 Å². The van der Waals surface area contributed by atoms with Crippen molar-refractivity contribution >= 4 is 16.7 Å². The molecule has 2 fully saturated rings. The summed E-state index contributed by atoms with van der Waals surface area (Å²) in [6.07, 6.45) is 2.62. The first kappa shape index (κ1) is 13.6. The van der Waals surface area contributed by atoms with Gasteiger partial charge in [-0.05, 0) is 54.2 Å². The van der Waals surface area contributed by atoms with Crippen molar-refractivity contribution < 1.29 is 14.3 Å². The van der Waals surface area contributed by atoms with Crippen molar-refractivity contribution in [3.63, 3.8) is 0 Å². The third-order valence-electron chi connectivity index (χ3n) is 5.45. The number of hydrogen-bond acceptors (Lipinski definition) is 3. The largest absolute Gasteiger partial charge is 0.497 e. The van der Waals surface area contributed by atoms with Gasteiger partial charge < -0.3 is 9.47 Å². The van der Waals surface area contributed by atoms with E-state index in [-0.39, 0.29) is 11.6 Å². The number of hydrogen-bond donors (Lipinski definition) is 0. The summed E-state index contributed by atoms with van der Waals surface area (Å²) in [5, 5.41) is 2.40. The van der Waals surface area contributed by atoms with E-state index in [0.29, 0.717) is 18.3 Å². The van der Waals surface area contributed by atoms with Crippen LogP contribution in [0.2, 0.25) is 0 Å². The summed E-state index contributed by atoms with van der Waals surface area (Å²) in [5.41, 5.74) is 1.07. The zero-order valence-corrected chi connectivity index (χ0v) is 13.0. The van der Waals surface area contributed by atoms with Gasteiger partial charge in [0.25, 0.3) is 0 Å². The summed E-state index contributed by atoms with van der Waals surface area (Å²) >= 11 is 0. The molecule has 0 N–H and O–H groups in total. The van der Waals surface area contributed by atoms with E-state index < -0.39 is 0 Å². The highest BCUT2D eigenvalue weighted by atomic mass is 16.6. The molecule has 0 unspecified atom stereocenters. The Kier molecular flexibility index (Phi) is 2.93. The molecule has 2 aromatic rings. The van der Waals surface area contributed by atoms with Gasteiger partial charge in [-0.3, -0.25) is 4.79 Å². The molecule has 3 atom stereocenters. The van der Waals surface area contributed by atoms with E-state index in [9.17, 15) is 4.79 Å². The molecule has 0 aromatic heterocycles. The first-order valence-electron chi connectivity index (χ1n) is 7.89. The van der Waals surface area contributed by atoms with Gasteiger partial charge in [0.1, 0.15) is 11.4 Å². The number of esters is 1. The Morgan fingerprint density at radius 1 is 1.18 bits per heavy atom. The van der Waals surface area contributed by atoms with E-state index in [2.05, 4.69) is 37.3 Å². The van der Waals surface area contributed by atoms with Crippen LogP contribution in [0.15, 0.2) is 36.4 Å². The number of carbonyl (C=O) groups is 1. The van der Waals surface area contributed by atoms with Crippen molar-refractivity contribution in [2.75, 3.05) is 7.11 Å². The summed E-state index contributed by atoms with van der Waals surface area (Å²) < 4.78 is 10.9. The first-order chi connectivity index (χ1) is 10.6.